The minimum atomic E-state index is 0.0280. The first-order chi connectivity index (χ1) is 9.58. The number of rotatable bonds is 4. The molecule has 0 spiro atoms. The number of amides is 1. The minimum Gasteiger partial charge on any atom is -0.355 e. The monoisotopic (exact) mass is 268 g/mol. The highest BCUT2D eigenvalue weighted by Gasteiger charge is 2.01. The molecule has 1 amide bonds. The van der Waals surface area contributed by atoms with Crippen LogP contribution >= 0.6 is 0 Å². The molecule has 20 heavy (non-hydrogen) atoms. The molecule has 2 rings (SSSR count). The van der Waals surface area contributed by atoms with Crippen LogP contribution in [0.3, 0.4) is 0 Å². The van der Waals surface area contributed by atoms with Crippen LogP contribution in [0.25, 0.3) is 0 Å². The molecule has 0 aliphatic carbocycles. The van der Waals surface area contributed by atoms with Gasteiger partial charge in [0.1, 0.15) is 0 Å². The zero-order valence-electron chi connectivity index (χ0n) is 12.2. The van der Waals surface area contributed by atoms with Crippen molar-refractivity contribution in [1.82, 2.24) is 0 Å². The summed E-state index contributed by atoms with van der Waals surface area (Å²) in [7, 11) is 0. The van der Waals surface area contributed by atoms with E-state index in [-0.39, 0.29) is 5.91 Å². The highest BCUT2D eigenvalue weighted by atomic mass is 16.1. The van der Waals surface area contributed by atoms with Crippen LogP contribution < -0.4 is 10.6 Å². The van der Waals surface area contributed by atoms with Crippen molar-refractivity contribution in [3.8, 4) is 0 Å². The molecule has 0 bridgehead atoms. The summed E-state index contributed by atoms with van der Waals surface area (Å²) in [6.07, 6.45) is 0.489. The zero-order chi connectivity index (χ0) is 14.5. The molecular weight excluding hydrogens is 248 g/mol. The lowest BCUT2D eigenvalue weighted by Gasteiger charge is -2.11. The molecule has 2 aromatic rings. The third-order valence-corrected chi connectivity index (χ3v) is 3.16. The molecule has 0 atom stereocenters. The molecule has 0 unspecified atom stereocenters. The van der Waals surface area contributed by atoms with Crippen LogP contribution in [0.5, 0.6) is 0 Å². The first kappa shape index (κ1) is 14.1. The normalized spacial score (nSPS) is 10.2. The molecule has 0 aromatic heterocycles. The van der Waals surface area contributed by atoms with E-state index in [4.69, 9.17) is 0 Å². The molecule has 3 heteroatoms. The molecule has 0 saturated carbocycles. The Bertz CT molecular complexity index is 603. The molecule has 2 N–H and O–H groups in total. The number of anilines is 3. The van der Waals surface area contributed by atoms with Crippen LogP contribution in [0.15, 0.2) is 42.5 Å². The summed E-state index contributed by atoms with van der Waals surface area (Å²) < 4.78 is 0. The Hall–Kier alpha value is -2.29. The van der Waals surface area contributed by atoms with Crippen molar-refractivity contribution in [2.24, 2.45) is 0 Å². The van der Waals surface area contributed by atoms with Gasteiger partial charge in [0, 0.05) is 23.5 Å². The summed E-state index contributed by atoms with van der Waals surface area (Å²) in [5.41, 5.74) is 5.37. The number of aryl methyl sites for hydroxylation is 2. The van der Waals surface area contributed by atoms with Crippen molar-refractivity contribution in [3.63, 3.8) is 0 Å². The van der Waals surface area contributed by atoms with Gasteiger partial charge in [0.15, 0.2) is 0 Å². The zero-order valence-corrected chi connectivity index (χ0v) is 12.2. The fourth-order valence-corrected chi connectivity index (χ4v) is 1.91. The van der Waals surface area contributed by atoms with Crippen molar-refractivity contribution < 1.29 is 4.79 Å². The van der Waals surface area contributed by atoms with Gasteiger partial charge in [-0.2, -0.15) is 0 Å². The lowest BCUT2D eigenvalue weighted by molar-refractivity contribution is -0.115. The van der Waals surface area contributed by atoms with Crippen LogP contribution in [0.4, 0.5) is 17.1 Å². The topological polar surface area (TPSA) is 41.1 Å². The van der Waals surface area contributed by atoms with Crippen LogP contribution in [-0.4, -0.2) is 5.91 Å². The first-order valence-corrected chi connectivity index (χ1v) is 6.82. The van der Waals surface area contributed by atoms with Gasteiger partial charge in [0.2, 0.25) is 5.91 Å². The molecule has 0 fully saturated rings. The Kier molecular flexibility index (Phi) is 4.41. The molecule has 0 aliphatic heterocycles. The van der Waals surface area contributed by atoms with Crippen LogP contribution in [0, 0.1) is 13.8 Å². The molecule has 3 nitrogen and oxygen atoms in total. The summed E-state index contributed by atoms with van der Waals surface area (Å²) in [4.78, 5) is 11.3. The first-order valence-electron chi connectivity index (χ1n) is 6.82. The van der Waals surface area contributed by atoms with E-state index in [2.05, 4.69) is 42.7 Å². The third kappa shape index (κ3) is 3.60. The van der Waals surface area contributed by atoms with Crippen molar-refractivity contribution in [2.45, 2.75) is 27.2 Å². The van der Waals surface area contributed by atoms with Gasteiger partial charge in [-0.25, -0.2) is 0 Å². The lowest BCUT2D eigenvalue weighted by Crippen LogP contribution is -2.09. The maximum Gasteiger partial charge on any atom is 0.224 e. The summed E-state index contributed by atoms with van der Waals surface area (Å²) in [5, 5.41) is 6.23. The van der Waals surface area contributed by atoms with E-state index in [0.29, 0.717) is 6.42 Å². The number of nitrogens with one attached hydrogen (secondary N) is 2. The van der Waals surface area contributed by atoms with Crippen LogP contribution in [0.2, 0.25) is 0 Å². The van der Waals surface area contributed by atoms with Crippen LogP contribution in [-0.2, 0) is 4.79 Å². The number of carbonyl (C=O) groups excluding carboxylic acids is 1. The van der Waals surface area contributed by atoms with Gasteiger partial charge in [-0.1, -0.05) is 19.1 Å². The second-order valence-electron chi connectivity index (χ2n) is 4.92. The summed E-state index contributed by atoms with van der Waals surface area (Å²) >= 11 is 0. The maximum atomic E-state index is 11.3. The fourth-order valence-electron chi connectivity index (χ4n) is 1.91. The van der Waals surface area contributed by atoms with E-state index in [1.54, 1.807) is 0 Å². The smallest absolute Gasteiger partial charge is 0.224 e. The molecule has 0 aliphatic rings. The van der Waals surface area contributed by atoms with Gasteiger partial charge in [-0.05, 0) is 55.3 Å². The van der Waals surface area contributed by atoms with E-state index in [0.717, 1.165) is 17.1 Å². The van der Waals surface area contributed by atoms with E-state index in [1.807, 2.05) is 31.2 Å². The second kappa shape index (κ2) is 6.24. The van der Waals surface area contributed by atoms with Crippen molar-refractivity contribution in [2.75, 3.05) is 10.6 Å². The Morgan fingerprint density at radius 3 is 2.30 bits per heavy atom. The average molecular weight is 268 g/mol. The Balaban J connectivity index is 2.10. The van der Waals surface area contributed by atoms with Gasteiger partial charge in [0.25, 0.3) is 0 Å². The summed E-state index contributed by atoms with van der Waals surface area (Å²) in [6, 6.07) is 14.1. The minimum absolute atomic E-state index is 0.0280. The van der Waals surface area contributed by atoms with E-state index in [9.17, 15) is 4.79 Å². The lowest BCUT2D eigenvalue weighted by atomic mass is 10.1. The molecule has 104 valence electrons. The highest BCUT2D eigenvalue weighted by Crippen LogP contribution is 2.23. The van der Waals surface area contributed by atoms with Crippen molar-refractivity contribution in [3.05, 3.63) is 53.6 Å². The van der Waals surface area contributed by atoms with Gasteiger partial charge < -0.3 is 10.6 Å². The molecule has 0 radical (unpaired) electrons. The standard InChI is InChI=1S/C17H20N2O/c1-4-17(20)19-15-9-7-14(8-10-15)18-16-11-12(2)5-6-13(16)3/h5-11,18H,4H2,1-3H3,(H,19,20). The van der Waals surface area contributed by atoms with E-state index < -0.39 is 0 Å². The number of carbonyl (C=O) groups is 1. The molecular formula is C17H20N2O. The Morgan fingerprint density at radius 1 is 1.00 bits per heavy atom. The second-order valence-corrected chi connectivity index (χ2v) is 4.92. The summed E-state index contributed by atoms with van der Waals surface area (Å²) in [5.74, 6) is 0.0280. The third-order valence-electron chi connectivity index (χ3n) is 3.16. The van der Waals surface area contributed by atoms with Crippen LogP contribution in [0.1, 0.15) is 24.5 Å². The number of benzene rings is 2. The summed E-state index contributed by atoms with van der Waals surface area (Å²) in [6.45, 7) is 6.00. The van der Waals surface area contributed by atoms with Crippen molar-refractivity contribution in [1.29, 1.82) is 0 Å². The largest absolute Gasteiger partial charge is 0.355 e. The Morgan fingerprint density at radius 2 is 1.65 bits per heavy atom. The van der Waals surface area contributed by atoms with Gasteiger partial charge >= 0.3 is 0 Å². The molecule has 0 heterocycles. The Labute approximate surface area is 120 Å². The predicted molar refractivity (Wildman–Crippen MR) is 84.6 cm³/mol. The number of hydrogen-bond acceptors (Lipinski definition) is 2. The number of hydrogen-bond donors (Lipinski definition) is 2. The molecule has 2 aromatic carbocycles. The van der Waals surface area contributed by atoms with E-state index >= 15 is 0 Å². The average Bonchev–Trinajstić information content (AvgIpc) is 2.45. The molecule has 0 saturated heterocycles. The van der Waals surface area contributed by atoms with Crippen molar-refractivity contribution >= 4 is 23.0 Å². The fraction of sp³-hybridized carbons (Fsp3) is 0.235. The highest BCUT2D eigenvalue weighted by molar-refractivity contribution is 5.90. The van der Waals surface area contributed by atoms with E-state index in [1.165, 1.54) is 11.1 Å². The van der Waals surface area contributed by atoms with Gasteiger partial charge in [0.05, 0.1) is 0 Å². The maximum absolute atomic E-state index is 11.3. The van der Waals surface area contributed by atoms with Gasteiger partial charge in [-0.15, -0.1) is 0 Å². The van der Waals surface area contributed by atoms with Gasteiger partial charge in [-0.3, -0.25) is 4.79 Å². The quantitative estimate of drug-likeness (QED) is 0.863. The predicted octanol–water partition coefficient (Wildman–Crippen LogP) is 4.40. The SMILES string of the molecule is CCC(=O)Nc1ccc(Nc2cc(C)ccc2C)cc1.